The zero-order chi connectivity index (χ0) is 14.5. The number of anilines is 1. The van der Waals surface area contributed by atoms with Crippen molar-refractivity contribution in [2.75, 3.05) is 25.0 Å². The number of benzene rings is 1. The van der Waals surface area contributed by atoms with E-state index in [9.17, 15) is 9.59 Å². The highest BCUT2D eigenvalue weighted by molar-refractivity contribution is 5.95. The zero-order valence-corrected chi connectivity index (χ0v) is 13.0. The highest BCUT2D eigenvalue weighted by Gasteiger charge is 2.22. The molecule has 6 heteroatoms. The highest BCUT2D eigenvalue weighted by Crippen LogP contribution is 2.19. The Kier molecular flexibility index (Phi) is 6.65. The number of rotatable bonds is 3. The first kappa shape index (κ1) is 17.5. The molecule has 1 aliphatic rings. The predicted octanol–water partition coefficient (Wildman–Crippen LogP) is 1.88. The number of nitrogens with two attached hydrogens (primary N) is 1. The summed E-state index contributed by atoms with van der Waals surface area (Å²) in [6.45, 7) is 3.70. The largest absolute Gasteiger partial charge is 0.339 e. The molecular weight excluding hydrogens is 290 g/mol. The number of piperidine rings is 1. The predicted molar refractivity (Wildman–Crippen MR) is 85.7 cm³/mol. The van der Waals surface area contributed by atoms with E-state index >= 15 is 0 Å². The lowest BCUT2D eigenvalue weighted by molar-refractivity contribution is -0.114. The molecule has 0 atom stereocenters. The Morgan fingerprint density at radius 2 is 1.81 bits per heavy atom. The van der Waals surface area contributed by atoms with E-state index in [1.165, 1.54) is 6.92 Å². The molecule has 0 spiro atoms. The van der Waals surface area contributed by atoms with Gasteiger partial charge in [0.25, 0.3) is 5.91 Å². The summed E-state index contributed by atoms with van der Waals surface area (Å²) >= 11 is 0. The van der Waals surface area contributed by atoms with E-state index in [0.29, 0.717) is 23.7 Å². The molecule has 5 nitrogen and oxygen atoms in total. The van der Waals surface area contributed by atoms with Gasteiger partial charge in [-0.2, -0.15) is 0 Å². The van der Waals surface area contributed by atoms with Crippen molar-refractivity contribution in [1.82, 2.24) is 4.90 Å². The number of carbonyl (C=O) groups excluding carboxylic acids is 2. The summed E-state index contributed by atoms with van der Waals surface area (Å²) in [6.07, 6.45) is 1.96. The summed E-state index contributed by atoms with van der Waals surface area (Å²) in [5.74, 6) is 0.476. The lowest BCUT2D eigenvalue weighted by Crippen LogP contribution is -2.40. The SMILES string of the molecule is CC(=O)Nc1ccc(C(=O)N2CCC(CN)CC2)cc1.Cl. The van der Waals surface area contributed by atoms with Crippen molar-refractivity contribution < 1.29 is 9.59 Å². The second-order valence-electron chi connectivity index (χ2n) is 5.23. The maximum atomic E-state index is 12.3. The number of likely N-dealkylation sites (tertiary alicyclic amines) is 1. The Hall–Kier alpha value is -1.59. The monoisotopic (exact) mass is 311 g/mol. The molecule has 3 N–H and O–H groups in total. The molecule has 2 rings (SSSR count). The van der Waals surface area contributed by atoms with Crippen molar-refractivity contribution in [3.8, 4) is 0 Å². The Balaban J connectivity index is 0.00000220. The van der Waals surface area contributed by atoms with Crippen LogP contribution in [0.15, 0.2) is 24.3 Å². The topological polar surface area (TPSA) is 75.4 Å². The fourth-order valence-corrected chi connectivity index (χ4v) is 2.45. The molecular formula is C15H22ClN3O2. The van der Waals surface area contributed by atoms with E-state index in [0.717, 1.165) is 25.9 Å². The van der Waals surface area contributed by atoms with Crippen LogP contribution in [0.25, 0.3) is 0 Å². The van der Waals surface area contributed by atoms with Gasteiger partial charge in [0.2, 0.25) is 5.91 Å². The van der Waals surface area contributed by atoms with Crippen molar-refractivity contribution in [3.05, 3.63) is 29.8 Å². The third-order valence-corrected chi connectivity index (χ3v) is 3.69. The molecule has 1 saturated heterocycles. The zero-order valence-electron chi connectivity index (χ0n) is 12.2. The summed E-state index contributed by atoms with van der Waals surface area (Å²) < 4.78 is 0. The van der Waals surface area contributed by atoms with Crippen molar-refractivity contribution in [2.45, 2.75) is 19.8 Å². The third-order valence-electron chi connectivity index (χ3n) is 3.69. The van der Waals surface area contributed by atoms with Gasteiger partial charge in [-0.25, -0.2) is 0 Å². The van der Waals surface area contributed by atoms with Crippen LogP contribution in [0.5, 0.6) is 0 Å². The van der Waals surface area contributed by atoms with Gasteiger partial charge >= 0.3 is 0 Å². The molecule has 0 aliphatic carbocycles. The summed E-state index contributed by atoms with van der Waals surface area (Å²) in [6, 6.07) is 7.01. The normalized spacial score (nSPS) is 15.2. The summed E-state index contributed by atoms with van der Waals surface area (Å²) in [4.78, 5) is 25.2. The number of hydrogen-bond donors (Lipinski definition) is 2. The average molecular weight is 312 g/mol. The van der Waals surface area contributed by atoms with Crippen molar-refractivity contribution >= 4 is 29.9 Å². The maximum absolute atomic E-state index is 12.3. The lowest BCUT2D eigenvalue weighted by atomic mass is 9.96. The Morgan fingerprint density at radius 3 is 2.29 bits per heavy atom. The number of nitrogens with one attached hydrogen (secondary N) is 1. The molecule has 1 heterocycles. The molecule has 1 aromatic rings. The van der Waals surface area contributed by atoms with Gasteiger partial charge < -0.3 is 16.0 Å². The van der Waals surface area contributed by atoms with Gasteiger partial charge in [-0.15, -0.1) is 12.4 Å². The van der Waals surface area contributed by atoms with E-state index in [1.807, 2.05) is 4.90 Å². The number of nitrogens with zero attached hydrogens (tertiary/aromatic N) is 1. The second-order valence-corrected chi connectivity index (χ2v) is 5.23. The molecule has 0 radical (unpaired) electrons. The molecule has 2 amide bonds. The maximum Gasteiger partial charge on any atom is 0.253 e. The summed E-state index contributed by atoms with van der Waals surface area (Å²) in [5.41, 5.74) is 7.02. The molecule has 0 unspecified atom stereocenters. The fourth-order valence-electron chi connectivity index (χ4n) is 2.45. The van der Waals surface area contributed by atoms with E-state index in [4.69, 9.17) is 5.73 Å². The van der Waals surface area contributed by atoms with Gasteiger partial charge in [0.05, 0.1) is 0 Å². The van der Waals surface area contributed by atoms with E-state index < -0.39 is 0 Å². The second kappa shape index (κ2) is 8.00. The van der Waals surface area contributed by atoms with Crippen LogP contribution in [0.3, 0.4) is 0 Å². The van der Waals surface area contributed by atoms with Crippen LogP contribution in [-0.2, 0) is 4.79 Å². The first-order valence-electron chi connectivity index (χ1n) is 6.97. The minimum absolute atomic E-state index is 0. The van der Waals surface area contributed by atoms with Gasteiger partial charge in [-0.3, -0.25) is 9.59 Å². The van der Waals surface area contributed by atoms with E-state index in [1.54, 1.807) is 24.3 Å². The smallest absolute Gasteiger partial charge is 0.253 e. The minimum atomic E-state index is -0.118. The van der Waals surface area contributed by atoms with Gasteiger partial charge in [0.1, 0.15) is 0 Å². The number of amides is 2. The summed E-state index contributed by atoms with van der Waals surface area (Å²) in [7, 11) is 0. The standard InChI is InChI=1S/C15H21N3O2.ClH/c1-11(19)17-14-4-2-13(3-5-14)15(20)18-8-6-12(10-16)7-9-18;/h2-5,12H,6-10,16H2,1H3,(H,17,19);1H. The lowest BCUT2D eigenvalue weighted by Gasteiger charge is -2.31. The van der Waals surface area contributed by atoms with Crippen LogP contribution >= 0.6 is 12.4 Å². The molecule has 1 aliphatic heterocycles. The molecule has 21 heavy (non-hydrogen) atoms. The van der Waals surface area contributed by atoms with Crippen LogP contribution in [0.4, 0.5) is 5.69 Å². The highest BCUT2D eigenvalue weighted by atomic mass is 35.5. The fraction of sp³-hybridized carbons (Fsp3) is 0.467. The van der Waals surface area contributed by atoms with Crippen molar-refractivity contribution in [2.24, 2.45) is 11.7 Å². The van der Waals surface area contributed by atoms with Crippen LogP contribution in [0.1, 0.15) is 30.1 Å². The van der Waals surface area contributed by atoms with Gasteiger partial charge in [-0.05, 0) is 49.6 Å². The first-order valence-corrected chi connectivity index (χ1v) is 6.97. The Morgan fingerprint density at radius 1 is 1.24 bits per heavy atom. The molecule has 116 valence electrons. The minimum Gasteiger partial charge on any atom is -0.339 e. The number of halogens is 1. The van der Waals surface area contributed by atoms with Crippen molar-refractivity contribution in [1.29, 1.82) is 0 Å². The van der Waals surface area contributed by atoms with Crippen LogP contribution in [0, 0.1) is 5.92 Å². The molecule has 0 saturated carbocycles. The molecule has 0 bridgehead atoms. The van der Waals surface area contributed by atoms with Crippen LogP contribution < -0.4 is 11.1 Å². The van der Waals surface area contributed by atoms with Crippen LogP contribution in [-0.4, -0.2) is 36.3 Å². The van der Waals surface area contributed by atoms with Crippen molar-refractivity contribution in [3.63, 3.8) is 0 Å². The van der Waals surface area contributed by atoms with Gasteiger partial charge in [0, 0.05) is 31.3 Å². The van der Waals surface area contributed by atoms with Gasteiger partial charge in [-0.1, -0.05) is 0 Å². The Bertz CT molecular complexity index is 482. The molecule has 0 aromatic heterocycles. The van der Waals surface area contributed by atoms with Crippen LogP contribution in [0.2, 0.25) is 0 Å². The Labute approximate surface area is 131 Å². The first-order chi connectivity index (χ1) is 9.60. The van der Waals surface area contributed by atoms with E-state index in [-0.39, 0.29) is 24.2 Å². The molecule has 1 aromatic carbocycles. The third kappa shape index (κ3) is 4.72. The number of carbonyl (C=O) groups is 2. The molecule has 1 fully saturated rings. The number of hydrogen-bond acceptors (Lipinski definition) is 3. The summed E-state index contributed by atoms with van der Waals surface area (Å²) in [5, 5.41) is 2.69. The van der Waals surface area contributed by atoms with E-state index in [2.05, 4.69) is 5.32 Å². The van der Waals surface area contributed by atoms with Gasteiger partial charge in [0.15, 0.2) is 0 Å². The average Bonchev–Trinajstić information content (AvgIpc) is 2.47. The quantitative estimate of drug-likeness (QED) is 0.895.